The van der Waals surface area contributed by atoms with E-state index in [0.717, 1.165) is 5.56 Å². The summed E-state index contributed by atoms with van der Waals surface area (Å²) in [6, 6.07) is 15.6. The quantitative estimate of drug-likeness (QED) is 0.425. The summed E-state index contributed by atoms with van der Waals surface area (Å²) >= 11 is 0. The van der Waals surface area contributed by atoms with Crippen molar-refractivity contribution in [1.82, 2.24) is 9.97 Å². The molecular weight excluding hydrogens is 298 g/mol. The molecule has 2 aromatic carbocycles. The van der Waals surface area contributed by atoms with Crippen LogP contribution in [0.3, 0.4) is 0 Å². The summed E-state index contributed by atoms with van der Waals surface area (Å²) in [6.45, 7) is -0.0375. The van der Waals surface area contributed by atoms with Gasteiger partial charge in [-0.15, -0.1) is 0 Å². The SMILES string of the molecule is O=[N+]([O-])c1ccc(-c2nc(-c3ccccc3)c(COO)[nH]2)cc1. The van der Waals surface area contributed by atoms with Crippen molar-refractivity contribution in [3.8, 4) is 22.6 Å². The first-order valence-corrected chi connectivity index (χ1v) is 6.84. The van der Waals surface area contributed by atoms with Crippen LogP contribution in [0.4, 0.5) is 5.69 Å². The highest BCUT2D eigenvalue weighted by atomic mass is 17.1. The first kappa shape index (κ1) is 14.9. The summed E-state index contributed by atoms with van der Waals surface area (Å²) in [5, 5.41) is 19.5. The zero-order chi connectivity index (χ0) is 16.2. The number of aromatic amines is 1. The van der Waals surface area contributed by atoms with Gasteiger partial charge in [-0.3, -0.25) is 15.4 Å². The van der Waals surface area contributed by atoms with Crippen LogP contribution in [0.2, 0.25) is 0 Å². The van der Waals surface area contributed by atoms with Gasteiger partial charge in [0.1, 0.15) is 12.4 Å². The van der Waals surface area contributed by atoms with Gasteiger partial charge in [0.05, 0.1) is 16.3 Å². The molecule has 116 valence electrons. The highest BCUT2D eigenvalue weighted by molar-refractivity contribution is 5.67. The van der Waals surface area contributed by atoms with Crippen molar-refractivity contribution in [2.75, 3.05) is 0 Å². The lowest BCUT2D eigenvalue weighted by atomic mass is 10.1. The largest absolute Gasteiger partial charge is 0.339 e. The molecule has 0 radical (unpaired) electrons. The number of hydrogen-bond acceptors (Lipinski definition) is 5. The predicted molar refractivity (Wildman–Crippen MR) is 83.5 cm³/mol. The fourth-order valence-electron chi connectivity index (χ4n) is 2.29. The second kappa shape index (κ2) is 6.39. The van der Waals surface area contributed by atoms with Crippen LogP contribution in [0, 0.1) is 10.1 Å². The third-order valence-electron chi connectivity index (χ3n) is 3.39. The van der Waals surface area contributed by atoms with Crippen LogP contribution in [0.25, 0.3) is 22.6 Å². The number of hydrogen-bond donors (Lipinski definition) is 2. The number of non-ortho nitro benzene ring substituents is 1. The van der Waals surface area contributed by atoms with Crippen molar-refractivity contribution < 1.29 is 15.1 Å². The molecule has 0 aliphatic carbocycles. The van der Waals surface area contributed by atoms with Crippen molar-refractivity contribution in [2.45, 2.75) is 6.61 Å². The molecule has 0 saturated heterocycles. The van der Waals surface area contributed by atoms with Gasteiger partial charge in [0.15, 0.2) is 0 Å². The number of nitro groups is 1. The summed E-state index contributed by atoms with van der Waals surface area (Å²) in [7, 11) is 0. The van der Waals surface area contributed by atoms with Gasteiger partial charge in [-0.1, -0.05) is 30.3 Å². The van der Waals surface area contributed by atoms with Crippen molar-refractivity contribution in [1.29, 1.82) is 0 Å². The normalized spacial score (nSPS) is 10.7. The Morgan fingerprint density at radius 3 is 2.39 bits per heavy atom. The van der Waals surface area contributed by atoms with E-state index in [4.69, 9.17) is 5.26 Å². The lowest BCUT2D eigenvalue weighted by Gasteiger charge is -1.99. The average Bonchev–Trinajstić information content (AvgIpc) is 3.00. The van der Waals surface area contributed by atoms with Crippen molar-refractivity contribution in [2.24, 2.45) is 0 Å². The summed E-state index contributed by atoms with van der Waals surface area (Å²) in [6.07, 6.45) is 0. The lowest BCUT2D eigenvalue weighted by Crippen LogP contribution is -1.91. The molecular formula is C16H13N3O4. The average molecular weight is 311 g/mol. The zero-order valence-electron chi connectivity index (χ0n) is 12.0. The molecule has 0 aliphatic rings. The van der Waals surface area contributed by atoms with Crippen molar-refractivity contribution in [3.05, 3.63) is 70.4 Å². The molecule has 7 nitrogen and oxygen atoms in total. The summed E-state index contributed by atoms with van der Waals surface area (Å²) in [5.74, 6) is 0.547. The number of rotatable bonds is 5. The van der Waals surface area contributed by atoms with Crippen LogP contribution < -0.4 is 0 Å². The minimum Gasteiger partial charge on any atom is -0.339 e. The molecule has 0 bridgehead atoms. The van der Waals surface area contributed by atoms with E-state index < -0.39 is 4.92 Å². The molecule has 2 N–H and O–H groups in total. The second-order valence-electron chi connectivity index (χ2n) is 4.86. The van der Waals surface area contributed by atoms with Crippen LogP contribution >= 0.6 is 0 Å². The van der Waals surface area contributed by atoms with Crippen LogP contribution in [0.15, 0.2) is 54.6 Å². The van der Waals surface area contributed by atoms with E-state index in [9.17, 15) is 10.1 Å². The maximum atomic E-state index is 10.7. The fraction of sp³-hybridized carbons (Fsp3) is 0.0625. The van der Waals surface area contributed by atoms with Gasteiger partial charge in [-0.05, 0) is 12.1 Å². The Morgan fingerprint density at radius 2 is 1.78 bits per heavy atom. The smallest absolute Gasteiger partial charge is 0.269 e. The summed E-state index contributed by atoms with van der Waals surface area (Å²) < 4.78 is 0. The monoisotopic (exact) mass is 311 g/mol. The Bertz CT molecular complexity index is 813. The summed E-state index contributed by atoms with van der Waals surface area (Å²) in [5.41, 5.74) is 2.88. The van der Waals surface area contributed by atoms with E-state index in [1.54, 1.807) is 12.1 Å². The van der Waals surface area contributed by atoms with E-state index in [-0.39, 0.29) is 12.3 Å². The number of nitro benzene ring substituents is 1. The van der Waals surface area contributed by atoms with Crippen LogP contribution in [-0.4, -0.2) is 20.1 Å². The standard InChI is InChI=1S/C16H13N3O4/c20-19(21)13-8-6-12(7-9-13)16-17-14(10-23-22)15(18-16)11-4-2-1-3-5-11/h1-9,22H,10H2,(H,17,18). The van der Waals surface area contributed by atoms with Gasteiger partial charge in [0, 0.05) is 23.3 Å². The van der Waals surface area contributed by atoms with Gasteiger partial charge in [-0.2, -0.15) is 0 Å². The third kappa shape index (κ3) is 3.10. The Balaban J connectivity index is 2.02. The predicted octanol–water partition coefficient (Wildman–Crippen LogP) is 3.64. The van der Waals surface area contributed by atoms with Crippen LogP contribution in [0.1, 0.15) is 5.69 Å². The number of nitrogens with one attached hydrogen (secondary N) is 1. The molecule has 1 heterocycles. The number of nitrogens with zero attached hydrogens (tertiary/aromatic N) is 2. The number of aromatic nitrogens is 2. The minimum atomic E-state index is -0.452. The molecule has 0 amide bonds. The molecule has 0 spiro atoms. The van der Waals surface area contributed by atoms with E-state index >= 15 is 0 Å². The maximum absolute atomic E-state index is 10.7. The van der Waals surface area contributed by atoms with Crippen LogP contribution in [0.5, 0.6) is 0 Å². The lowest BCUT2D eigenvalue weighted by molar-refractivity contribution is -0.384. The van der Waals surface area contributed by atoms with Crippen molar-refractivity contribution in [3.63, 3.8) is 0 Å². The third-order valence-corrected chi connectivity index (χ3v) is 3.39. The van der Waals surface area contributed by atoms with Gasteiger partial charge in [0.25, 0.3) is 5.69 Å². The molecule has 23 heavy (non-hydrogen) atoms. The van der Waals surface area contributed by atoms with E-state index in [1.165, 1.54) is 12.1 Å². The topological polar surface area (TPSA) is 101 Å². The molecule has 3 rings (SSSR count). The Labute approximate surface area is 131 Å². The van der Waals surface area contributed by atoms with E-state index in [1.807, 2.05) is 30.3 Å². The van der Waals surface area contributed by atoms with Gasteiger partial charge in [-0.25, -0.2) is 9.87 Å². The minimum absolute atomic E-state index is 0.0162. The molecule has 0 fully saturated rings. The van der Waals surface area contributed by atoms with E-state index in [0.29, 0.717) is 22.8 Å². The zero-order valence-corrected chi connectivity index (χ0v) is 12.0. The van der Waals surface area contributed by atoms with Gasteiger partial charge >= 0.3 is 0 Å². The Hall–Kier alpha value is -3.03. The highest BCUT2D eigenvalue weighted by Crippen LogP contribution is 2.27. The molecule has 7 heteroatoms. The number of H-pyrrole nitrogens is 1. The molecule has 1 aromatic heterocycles. The molecule has 3 aromatic rings. The Kier molecular flexibility index (Phi) is 4.13. The number of imidazole rings is 1. The first-order valence-electron chi connectivity index (χ1n) is 6.84. The maximum Gasteiger partial charge on any atom is 0.269 e. The molecule has 0 unspecified atom stereocenters. The van der Waals surface area contributed by atoms with Gasteiger partial charge in [0.2, 0.25) is 0 Å². The Morgan fingerprint density at radius 1 is 1.09 bits per heavy atom. The van der Waals surface area contributed by atoms with Gasteiger partial charge < -0.3 is 4.98 Å². The van der Waals surface area contributed by atoms with E-state index in [2.05, 4.69) is 14.9 Å². The molecule has 0 atom stereocenters. The number of benzene rings is 2. The van der Waals surface area contributed by atoms with Crippen molar-refractivity contribution >= 4 is 5.69 Å². The highest BCUT2D eigenvalue weighted by Gasteiger charge is 2.14. The van der Waals surface area contributed by atoms with Crippen LogP contribution in [-0.2, 0) is 11.5 Å². The molecule has 0 aliphatic heterocycles. The summed E-state index contributed by atoms with van der Waals surface area (Å²) in [4.78, 5) is 22.1. The fourth-order valence-corrected chi connectivity index (χ4v) is 2.29. The first-order chi connectivity index (χ1) is 11.2. The second-order valence-corrected chi connectivity index (χ2v) is 4.86. The molecule has 0 saturated carbocycles.